The molecule has 0 radical (unpaired) electrons. The summed E-state index contributed by atoms with van der Waals surface area (Å²) in [5.74, 6) is 0.242. The maximum absolute atomic E-state index is 12.4. The number of nitrogens with one attached hydrogen (secondary N) is 2. The molecule has 0 saturated carbocycles. The number of carbonyl (C=O) groups excluding carboxylic acids is 1. The Morgan fingerprint density at radius 1 is 1.53 bits per heavy atom. The van der Waals surface area contributed by atoms with E-state index in [0.29, 0.717) is 6.10 Å². The molecule has 17 heavy (non-hydrogen) atoms. The van der Waals surface area contributed by atoms with Crippen LogP contribution in [0.2, 0.25) is 0 Å². The van der Waals surface area contributed by atoms with Crippen molar-refractivity contribution in [2.45, 2.75) is 57.3 Å². The van der Waals surface area contributed by atoms with E-state index >= 15 is 0 Å². The number of carbonyl (C=O) groups is 1. The molecule has 0 aromatic carbocycles. The Labute approximate surface area is 102 Å². The maximum atomic E-state index is 12.4. The van der Waals surface area contributed by atoms with E-state index in [4.69, 9.17) is 4.74 Å². The van der Waals surface area contributed by atoms with Crippen LogP contribution >= 0.6 is 0 Å². The second-order valence-corrected chi connectivity index (χ2v) is 5.75. The van der Waals surface area contributed by atoms with Crippen LogP contribution in [0.25, 0.3) is 0 Å². The largest absolute Gasteiger partial charge is 0.373 e. The molecule has 0 spiro atoms. The fourth-order valence-corrected chi connectivity index (χ4v) is 3.51. The zero-order valence-electron chi connectivity index (χ0n) is 10.5. The van der Waals surface area contributed by atoms with Gasteiger partial charge in [-0.2, -0.15) is 0 Å². The van der Waals surface area contributed by atoms with Crippen molar-refractivity contribution in [3.63, 3.8) is 0 Å². The summed E-state index contributed by atoms with van der Waals surface area (Å²) >= 11 is 0. The van der Waals surface area contributed by atoms with Gasteiger partial charge in [0.05, 0.1) is 23.7 Å². The van der Waals surface area contributed by atoms with E-state index in [-0.39, 0.29) is 23.5 Å². The van der Waals surface area contributed by atoms with E-state index in [9.17, 15) is 4.79 Å². The number of hydrogen-bond acceptors (Lipinski definition) is 3. The number of amides is 1. The number of fused-ring (bicyclic) bond motifs is 2. The standard InChI is InChI=1S/C13H22N2O2/c1-2-13(5-6-14-8-13)12(16)15-10-7-9-3-4-11(10)17-9/h9-11,14H,2-8H2,1H3,(H,15,16). The van der Waals surface area contributed by atoms with Crippen LogP contribution < -0.4 is 10.6 Å². The van der Waals surface area contributed by atoms with Gasteiger partial charge in [-0.25, -0.2) is 0 Å². The van der Waals surface area contributed by atoms with Gasteiger partial charge in [-0.05, 0) is 38.6 Å². The highest BCUT2D eigenvalue weighted by molar-refractivity contribution is 5.83. The molecular formula is C13H22N2O2. The molecule has 0 aliphatic carbocycles. The Bertz CT molecular complexity index is 313. The Morgan fingerprint density at radius 2 is 2.41 bits per heavy atom. The molecule has 3 fully saturated rings. The molecule has 4 atom stereocenters. The van der Waals surface area contributed by atoms with Crippen LogP contribution in [0.3, 0.4) is 0 Å². The number of rotatable bonds is 3. The summed E-state index contributed by atoms with van der Waals surface area (Å²) < 4.78 is 5.78. The lowest BCUT2D eigenvalue weighted by molar-refractivity contribution is -0.131. The second-order valence-electron chi connectivity index (χ2n) is 5.75. The Hall–Kier alpha value is -0.610. The number of hydrogen-bond donors (Lipinski definition) is 2. The predicted octanol–water partition coefficient (Wildman–Crippen LogP) is 0.812. The molecule has 4 nitrogen and oxygen atoms in total. The van der Waals surface area contributed by atoms with Gasteiger partial charge in [0.25, 0.3) is 0 Å². The summed E-state index contributed by atoms with van der Waals surface area (Å²) in [7, 11) is 0. The summed E-state index contributed by atoms with van der Waals surface area (Å²) in [6, 6.07) is 0.269. The Kier molecular flexibility index (Phi) is 2.87. The molecule has 2 bridgehead atoms. The third-order valence-electron chi connectivity index (χ3n) is 4.82. The maximum Gasteiger partial charge on any atom is 0.227 e. The fourth-order valence-electron chi connectivity index (χ4n) is 3.51. The lowest BCUT2D eigenvalue weighted by Crippen LogP contribution is -2.49. The van der Waals surface area contributed by atoms with Crippen molar-refractivity contribution in [1.29, 1.82) is 0 Å². The first-order valence-electron chi connectivity index (χ1n) is 6.91. The summed E-state index contributed by atoms with van der Waals surface area (Å²) in [6.07, 6.45) is 5.90. The van der Waals surface area contributed by atoms with Crippen LogP contribution in [0.1, 0.15) is 39.0 Å². The van der Waals surface area contributed by atoms with E-state index in [2.05, 4.69) is 17.6 Å². The molecule has 3 heterocycles. The van der Waals surface area contributed by atoms with E-state index in [1.54, 1.807) is 0 Å². The molecule has 4 unspecified atom stereocenters. The van der Waals surface area contributed by atoms with Crippen LogP contribution in [-0.2, 0) is 9.53 Å². The van der Waals surface area contributed by atoms with E-state index < -0.39 is 0 Å². The highest BCUT2D eigenvalue weighted by Crippen LogP contribution is 2.36. The molecule has 3 rings (SSSR count). The van der Waals surface area contributed by atoms with Crippen LogP contribution in [0.4, 0.5) is 0 Å². The zero-order valence-corrected chi connectivity index (χ0v) is 10.5. The SMILES string of the molecule is CCC1(C(=O)NC2CC3CCC2O3)CCNC1. The van der Waals surface area contributed by atoms with Crippen molar-refractivity contribution in [2.24, 2.45) is 5.41 Å². The molecule has 3 aliphatic rings. The predicted molar refractivity (Wildman–Crippen MR) is 64.7 cm³/mol. The van der Waals surface area contributed by atoms with Crippen molar-refractivity contribution < 1.29 is 9.53 Å². The highest BCUT2D eigenvalue weighted by Gasteiger charge is 2.45. The van der Waals surface area contributed by atoms with Crippen molar-refractivity contribution in [3.05, 3.63) is 0 Å². The van der Waals surface area contributed by atoms with Crippen molar-refractivity contribution >= 4 is 5.91 Å². The molecular weight excluding hydrogens is 216 g/mol. The average Bonchev–Trinajstić information content (AvgIpc) is 3.05. The van der Waals surface area contributed by atoms with Gasteiger partial charge >= 0.3 is 0 Å². The normalized spacial score (nSPS) is 44.2. The van der Waals surface area contributed by atoms with Gasteiger partial charge < -0.3 is 15.4 Å². The van der Waals surface area contributed by atoms with Crippen LogP contribution in [0.5, 0.6) is 0 Å². The molecule has 3 aliphatic heterocycles. The van der Waals surface area contributed by atoms with Crippen LogP contribution in [-0.4, -0.2) is 37.2 Å². The molecule has 1 amide bonds. The first kappa shape index (κ1) is 11.5. The summed E-state index contributed by atoms with van der Waals surface area (Å²) in [4.78, 5) is 12.4. The monoisotopic (exact) mass is 238 g/mol. The highest BCUT2D eigenvalue weighted by atomic mass is 16.5. The van der Waals surface area contributed by atoms with Crippen molar-refractivity contribution in [3.8, 4) is 0 Å². The minimum Gasteiger partial charge on any atom is -0.373 e. The van der Waals surface area contributed by atoms with E-state index in [1.807, 2.05) is 0 Å². The van der Waals surface area contributed by atoms with Gasteiger partial charge in [0.2, 0.25) is 5.91 Å². The van der Waals surface area contributed by atoms with Crippen molar-refractivity contribution in [1.82, 2.24) is 10.6 Å². The third kappa shape index (κ3) is 1.87. The molecule has 3 saturated heterocycles. The van der Waals surface area contributed by atoms with Gasteiger partial charge in [0.1, 0.15) is 0 Å². The molecule has 0 aromatic rings. The van der Waals surface area contributed by atoms with Crippen molar-refractivity contribution in [2.75, 3.05) is 13.1 Å². The van der Waals surface area contributed by atoms with Crippen LogP contribution in [0.15, 0.2) is 0 Å². The van der Waals surface area contributed by atoms with Gasteiger partial charge in [0, 0.05) is 6.54 Å². The lowest BCUT2D eigenvalue weighted by Gasteiger charge is -2.29. The first-order chi connectivity index (χ1) is 8.23. The molecule has 2 N–H and O–H groups in total. The minimum absolute atomic E-state index is 0.165. The molecule has 96 valence electrons. The van der Waals surface area contributed by atoms with Gasteiger partial charge in [0.15, 0.2) is 0 Å². The second kappa shape index (κ2) is 4.25. The molecule has 0 aromatic heterocycles. The Balaban J connectivity index is 1.63. The summed E-state index contributed by atoms with van der Waals surface area (Å²) in [5, 5.41) is 6.55. The first-order valence-corrected chi connectivity index (χ1v) is 6.91. The van der Waals surface area contributed by atoms with Gasteiger partial charge in [-0.15, -0.1) is 0 Å². The van der Waals surface area contributed by atoms with Gasteiger partial charge in [-0.3, -0.25) is 4.79 Å². The quantitative estimate of drug-likeness (QED) is 0.765. The van der Waals surface area contributed by atoms with Crippen LogP contribution in [0, 0.1) is 5.41 Å². The lowest BCUT2D eigenvalue weighted by atomic mass is 9.82. The van der Waals surface area contributed by atoms with E-state index in [1.165, 1.54) is 6.42 Å². The van der Waals surface area contributed by atoms with E-state index in [0.717, 1.165) is 38.8 Å². The topological polar surface area (TPSA) is 50.4 Å². The third-order valence-corrected chi connectivity index (χ3v) is 4.82. The Morgan fingerprint density at radius 3 is 2.94 bits per heavy atom. The average molecular weight is 238 g/mol. The minimum atomic E-state index is -0.165. The molecule has 4 heteroatoms. The number of ether oxygens (including phenoxy) is 1. The van der Waals surface area contributed by atoms with Gasteiger partial charge in [-0.1, -0.05) is 6.92 Å². The smallest absolute Gasteiger partial charge is 0.227 e. The zero-order chi connectivity index (χ0) is 11.9. The fraction of sp³-hybridized carbons (Fsp3) is 0.923. The summed E-state index contributed by atoms with van der Waals surface area (Å²) in [6.45, 7) is 3.91. The summed E-state index contributed by atoms with van der Waals surface area (Å²) in [5.41, 5.74) is -0.165.